The molecular weight excluding hydrogens is 348 g/mol. The Kier molecular flexibility index (Phi) is 5.73. The zero-order valence-corrected chi connectivity index (χ0v) is 15.7. The minimum Gasteiger partial charge on any atom is -0.497 e. The van der Waals surface area contributed by atoms with Gasteiger partial charge < -0.3 is 9.15 Å². The number of nitrogens with zero attached hydrogens (tertiary/aromatic N) is 2. The monoisotopic (exact) mass is 368 g/mol. The Morgan fingerprint density at radius 2 is 1.81 bits per heavy atom. The van der Waals surface area contributed by atoms with Crippen molar-refractivity contribution in [3.63, 3.8) is 0 Å². The molecule has 2 aromatic carbocycles. The van der Waals surface area contributed by atoms with Crippen LogP contribution in [0.15, 0.2) is 58.2 Å². The number of carbonyl (C=O) groups is 1. The van der Waals surface area contributed by atoms with Gasteiger partial charge in [-0.25, -0.2) is 0 Å². The van der Waals surface area contributed by atoms with E-state index in [-0.39, 0.29) is 11.0 Å². The maximum absolute atomic E-state index is 12.5. The standard InChI is InChI=1S/C20H20N2O3S/c1-13-4-8-16(9-5-13)19(23)14(2)26-20-22-21-18(25-20)12-15-6-10-17(24-3)11-7-15/h4-11,14H,12H2,1-3H3. The molecule has 0 spiro atoms. The summed E-state index contributed by atoms with van der Waals surface area (Å²) >= 11 is 1.28. The van der Waals surface area contributed by atoms with Crippen LogP contribution in [0.25, 0.3) is 0 Å². The number of benzene rings is 2. The van der Waals surface area contributed by atoms with Crippen LogP contribution >= 0.6 is 11.8 Å². The topological polar surface area (TPSA) is 65.2 Å². The summed E-state index contributed by atoms with van der Waals surface area (Å²) in [6.45, 7) is 3.84. The van der Waals surface area contributed by atoms with Crippen molar-refractivity contribution in [3.8, 4) is 5.75 Å². The highest BCUT2D eigenvalue weighted by Crippen LogP contribution is 2.25. The molecule has 0 saturated heterocycles. The molecule has 1 unspecified atom stereocenters. The summed E-state index contributed by atoms with van der Waals surface area (Å²) in [6, 6.07) is 15.3. The van der Waals surface area contributed by atoms with Crippen LogP contribution in [0.5, 0.6) is 5.75 Å². The van der Waals surface area contributed by atoms with Crippen LogP contribution in [0.2, 0.25) is 0 Å². The van der Waals surface area contributed by atoms with Crippen molar-refractivity contribution in [1.29, 1.82) is 0 Å². The van der Waals surface area contributed by atoms with E-state index >= 15 is 0 Å². The first-order valence-electron chi connectivity index (χ1n) is 8.28. The van der Waals surface area contributed by atoms with Gasteiger partial charge in [-0.3, -0.25) is 4.79 Å². The Labute approximate surface area is 156 Å². The van der Waals surface area contributed by atoms with Crippen molar-refractivity contribution < 1.29 is 13.9 Å². The second kappa shape index (κ2) is 8.19. The minimum atomic E-state index is -0.299. The molecule has 0 saturated carbocycles. The van der Waals surface area contributed by atoms with Crippen molar-refractivity contribution in [2.24, 2.45) is 0 Å². The fourth-order valence-corrected chi connectivity index (χ4v) is 3.21. The van der Waals surface area contributed by atoms with E-state index in [1.165, 1.54) is 11.8 Å². The zero-order chi connectivity index (χ0) is 18.5. The second-order valence-electron chi connectivity index (χ2n) is 5.98. The summed E-state index contributed by atoms with van der Waals surface area (Å²) in [5.74, 6) is 1.37. The average molecular weight is 368 g/mol. The number of ether oxygens (including phenoxy) is 1. The lowest BCUT2D eigenvalue weighted by molar-refractivity contribution is 0.0993. The van der Waals surface area contributed by atoms with Crippen molar-refractivity contribution in [3.05, 3.63) is 71.1 Å². The molecule has 1 atom stereocenters. The molecule has 0 amide bonds. The number of thioether (sulfide) groups is 1. The highest BCUT2D eigenvalue weighted by molar-refractivity contribution is 8.00. The van der Waals surface area contributed by atoms with Gasteiger partial charge in [0.1, 0.15) is 5.75 Å². The lowest BCUT2D eigenvalue weighted by atomic mass is 10.1. The molecule has 0 aliphatic heterocycles. The molecule has 0 aliphatic carbocycles. The second-order valence-corrected chi connectivity index (χ2v) is 7.27. The molecule has 1 aromatic heterocycles. The summed E-state index contributed by atoms with van der Waals surface area (Å²) in [6.07, 6.45) is 0.540. The number of methoxy groups -OCH3 is 1. The van der Waals surface area contributed by atoms with Crippen LogP contribution in [-0.2, 0) is 6.42 Å². The first-order chi connectivity index (χ1) is 12.5. The van der Waals surface area contributed by atoms with Gasteiger partial charge in [-0.05, 0) is 31.5 Å². The van der Waals surface area contributed by atoms with Crippen LogP contribution in [-0.4, -0.2) is 28.3 Å². The van der Waals surface area contributed by atoms with Gasteiger partial charge in [0.15, 0.2) is 5.78 Å². The third-order valence-electron chi connectivity index (χ3n) is 3.95. The number of ketones is 1. The van der Waals surface area contributed by atoms with Gasteiger partial charge in [-0.2, -0.15) is 0 Å². The predicted molar refractivity (Wildman–Crippen MR) is 101 cm³/mol. The molecule has 1 heterocycles. The Hall–Kier alpha value is -2.60. The van der Waals surface area contributed by atoms with E-state index in [1.807, 2.05) is 62.4 Å². The fraction of sp³-hybridized carbons (Fsp3) is 0.250. The largest absolute Gasteiger partial charge is 0.497 e. The van der Waals surface area contributed by atoms with Crippen molar-refractivity contribution >= 4 is 17.5 Å². The number of aromatic nitrogens is 2. The van der Waals surface area contributed by atoms with Gasteiger partial charge in [-0.15, -0.1) is 10.2 Å². The van der Waals surface area contributed by atoms with Gasteiger partial charge in [0.25, 0.3) is 5.22 Å². The average Bonchev–Trinajstić information content (AvgIpc) is 3.09. The van der Waals surface area contributed by atoms with Gasteiger partial charge in [0, 0.05) is 5.56 Å². The van der Waals surface area contributed by atoms with E-state index in [9.17, 15) is 4.79 Å². The van der Waals surface area contributed by atoms with E-state index in [0.29, 0.717) is 23.1 Å². The highest BCUT2D eigenvalue weighted by Gasteiger charge is 2.19. The molecule has 3 aromatic rings. The summed E-state index contributed by atoms with van der Waals surface area (Å²) in [5.41, 5.74) is 2.87. The van der Waals surface area contributed by atoms with Crippen LogP contribution in [0.3, 0.4) is 0 Å². The third-order valence-corrected chi connectivity index (χ3v) is 4.88. The summed E-state index contributed by atoms with van der Waals surface area (Å²) < 4.78 is 10.8. The van der Waals surface area contributed by atoms with Gasteiger partial charge in [-0.1, -0.05) is 53.7 Å². The number of Topliss-reactive ketones (excluding diaryl/α,β-unsaturated/α-hetero) is 1. The molecule has 5 nitrogen and oxygen atoms in total. The number of aryl methyl sites for hydroxylation is 1. The smallest absolute Gasteiger partial charge is 0.277 e. The van der Waals surface area contributed by atoms with E-state index < -0.39 is 0 Å². The fourth-order valence-electron chi connectivity index (χ4n) is 2.43. The molecule has 0 radical (unpaired) electrons. The van der Waals surface area contributed by atoms with Crippen molar-refractivity contribution in [2.75, 3.05) is 7.11 Å². The quantitative estimate of drug-likeness (QED) is 0.456. The number of carbonyl (C=O) groups excluding carboxylic acids is 1. The first kappa shape index (κ1) is 18.2. The lowest BCUT2D eigenvalue weighted by Gasteiger charge is -2.07. The van der Waals surface area contributed by atoms with Crippen LogP contribution in [0, 0.1) is 6.92 Å². The van der Waals surface area contributed by atoms with Crippen molar-refractivity contribution in [1.82, 2.24) is 10.2 Å². The number of hydrogen-bond acceptors (Lipinski definition) is 6. The predicted octanol–water partition coefficient (Wildman–Crippen LogP) is 4.34. The van der Waals surface area contributed by atoms with Crippen molar-refractivity contribution in [2.45, 2.75) is 30.7 Å². The van der Waals surface area contributed by atoms with Gasteiger partial charge in [0.2, 0.25) is 5.89 Å². The normalized spacial score (nSPS) is 12.0. The molecule has 0 fully saturated rings. The molecule has 0 N–H and O–H groups in total. The molecular formula is C20H20N2O3S. The third kappa shape index (κ3) is 4.52. The maximum Gasteiger partial charge on any atom is 0.277 e. The van der Waals surface area contributed by atoms with Crippen LogP contribution in [0.1, 0.15) is 34.3 Å². The Balaban J connectivity index is 1.61. The van der Waals surface area contributed by atoms with E-state index in [4.69, 9.17) is 9.15 Å². The maximum atomic E-state index is 12.5. The lowest BCUT2D eigenvalue weighted by Crippen LogP contribution is -2.13. The van der Waals surface area contributed by atoms with E-state index in [0.717, 1.165) is 16.9 Å². The Morgan fingerprint density at radius 1 is 1.12 bits per heavy atom. The van der Waals surface area contributed by atoms with Gasteiger partial charge in [0.05, 0.1) is 18.8 Å². The number of hydrogen-bond donors (Lipinski definition) is 0. The SMILES string of the molecule is COc1ccc(Cc2nnc(SC(C)C(=O)c3ccc(C)cc3)o2)cc1. The minimum absolute atomic E-state index is 0.0462. The molecule has 3 rings (SSSR count). The molecule has 6 heteroatoms. The highest BCUT2D eigenvalue weighted by atomic mass is 32.2. The molecule has 0 bridgehead atoms. The van der Waals surface area contributed by atoms with Crippen LogP contribution < -0.4 is 4.74 Å². The van der Waals surface area contributed by atoms with E-state index in [1.54, 1.807) is 7.11 Å². The van der Waals surface area contributed by atoms with Crippen LogP contribution in [0.4, 0.5) is 0 Å². The van der Waals surface area contributed by atoms with E-state index in [2.05, 4.69) is 10.2 Å². The molecule has 0 aliphatic rings. The Bertz CT molecular complexity index is 873. The summed E-state index contributed by atoms with van der Waals surface area (Å²) in [5, 5.41) is 8.22. The first-order valence-corrected chi connectivity index (χ1v) is 9.16. The molecule has 134 valence electrons. The van der Waals surface area contributed by atoms with Gasteiger partial charge >= 0.3 is 0 Å². The Morgan fingerprint density at radius 3 is 2.46 bits per heavy atom. The summed E-state index contributed by atoms with van der Waals surface area (Å²) in [7, 11) is 1.63. The zero-order valence-electron chi connectivity index (χ0n) is 14.9. The summed E-state index contributed by atoms with van der Waals surface area (Å²) in [4.78, 5) is 12.5. The molecule has 26 heavy (non-hydrogen) atoms. The number of rotatable bonds is 7.